The minimum Gasteiger partial charge on any atom is -0.355 e. The molecule has 6 heteroatoms. The minimum atomic E-state index is -0.203. The zero-order chi connectivity index (χ0) is 20.2. The molecule has 0 spiro atoms. The van der Waals surface area contributed by atoms with Crippen LogP contribution in [0.15, 0.2) is 48.8 Å². The third kappa shape index (κ3) is 4.65. The first-order valence-electron chi connectivity index (χ1n) is 10.3. The van der Waals surface area contributed by atoms with Crippen LogP contribution in [0.25, 0.3) is 16.7 Å². The second-order valence-corrected chi connectivity index (χ2v) is 7.85. The van der Waals surface area contributed by atoms with Crippen molar-refractivity contribution in [1.82, 2.24) is 19.8 Å². The Morgan fingerprint density at radius 3 is 2.79 bits per heavy atom. The quantitative estimate of drug-likeness (QED) is 0.696. The molecule has 1 aromatic carbocycles. The van der Waals surface area contributed by atoms with E-state index in [0.717, 1.165) is 55.6 Å². The molecule has 0 bridgehead atoms. The van der Waals surface area contributed by atoms with Crippen LogP contribution < -0.4 is 5.32 Å². The number of aromatic nitrogens is 2. The summed E-state index contributed by atoms with van der Waals surface area (Å²) in [5.74, 6) is 1.25. The molecular formula is C23H27FN4O. The molecule has 0 radical (unpaired) electrons. The molecule has 3 aromatic rings. The standard InChI is InChI=1S/C23H27FN4O/c1-17(29)25-10-13-27-11-7-18(8-12-27)14-19-16-28(23-4-2-3-9-26-23)22-6-5-20(24)15-21(19)22/h2-6,9,15-16,18H,7-8,10-14H2,1H3,(H,25,29). The number of amides is 1. The summed E-state index contributed by atoms with van der Waals surface area (Å²) < 4.78 is 16.0. The van der Waals surface area contributed by atoms with Crippen molar-refractivity contribution in [3.05, 3.63) is 60.2 Å². The molecule has 0 atom stereocenters. The van der Waals surface area contributed by atoms with E-state index in [1.165, 1.54) is 11.6 Å². The summed E-state index contributed by atoms with van der Waals surface area (Å²) in [4.78, 5) is 17.9. The van der Waals surface area contributed by atoms with Crippen molar-refractivity contribution in [3.63, 3.8) is 0 Å². The Hall–Kier alpha value is -2.73. The number of nitrogens with one attached hydrogen (secondary N) is 1. The fourth-order valence-corrected chi connectivity index (χ4v) is 4.23. The Bertz CT molecular complexity index is 977. The van der Waals surface area contributed by atoms with Crippen molar-refractivity contribution in [2.24, 2.45) is 5.92 Å². The number of hydrogen-bond acceptors (Lipinski definition) is 3. The molecule has 1 aliphatic heterocycles. The molecule has 0 unspecified atom stereocenters. The highest BCUT2D eigenvalue weighted by atomic mass is 19.1. The Morgan fingerprint density at radius 2 is 2.07 bits per heavy atom. The van der Waals surface area contributed by atoms with E-state index >= 15 is 0 Å². The second kappa shape index (κ2) is 8.74. The van der Waals surface area contributed by atoms with Gasteiger partial charge in [-0.1, -0.05) is 6.07 Å². The number of fused-ring (bicyclic) bond motifs is 1. The predicted octanol–water partition coefficient (Wildman–Crippen LogP) is 3.56. The van der Waals surface area contributed by atoms with Crippen LogP contribution in [-0.2, 0) is 11.2 Å². The maximum Gasteiger partial charge on any atom is 0.216 e. The Labute approximate surface area is 170 Å². The van der Waals surface area contributed by atoms with E-state index in [-0.39, 0.29) is 11.7 Å². The summed E-state index contributed by atoms with van der Waals surface area (Å²) >= 11 is 0. The van der Waals surface area contributed by atoms with Crippen LogP contribution in [0, 0.1) is 11.7 Å². The van der Waals surface area contributed by atoms with Gasteiger partial charge in [-0.05, 0) is 74.2 Å². The van der Waals surface area contributed by atoms with Crippen LogP contribution in [-0.4, -0.2) is 46.5 Å². The number of hydrogen-bond donors (Lipinski definition) is 1. The summed E-state index contributed by atoms with van der Waals surface area (Å²) in [7, 11) is 0. The van der Waals surface area contributed by atoms with Crippen LogP contribution in [0.2, 0.25) is 0 Å². The summed E-state index contributed by atoms with van der Waals surface area (Å²) in [5, 5.41) is 3.84. The van der Waals surface area contributed by atoms with Crippen LogP contribution in [0.3, 0.4) is 0 Å². The summed E-state index contributed by atoms with van der Waals surface area (Å²) in [6, 6.07) is 10.8. The number of piperidine rings is 1. The van der Waals surface area contributed by atoms with Crippen molar-refractivity contribution in [2.75, 3.05) is 26.2 Å². The third-order valence-electron chi connectivity index (χ3n) is 5.76. The maximum atomic E-state index is 14.0. The second-order valence-electron chi connectivity index (χ2n) is 7.85. The van der Waals surface area contributed by atoms with Gasteiger partial charge in [-0.15, -0.1) is 0 Å². The van der Waals surface area contributed by atoms with Gasteiger partial charge in [-0.25, -0.2) is 9.37 Å². The molecule has 1 aliphatic rings. The molecule has 5 nitrogen and oxygen atoms in total. The Balaban J connectivity index is 1.47. The van der Waals surface area contributed by atoms with Gasteiger partial charge < -0.3 is 14.8 Å². The van der Waals surface area contributed by atoms with Gasteiger partial charge in [0, 0.05) is 37.8 Å². The molecule has 1 saturated heterocycles. The highest BCUT2D eigenvalue weighted by Crippen LogP contribution is 2.30. The van der Waals surface area contributed by atoms with Crippen molar-refractivity contribution in [3.8, 4) is 5.82 Å². The van der Waals surface area contributed by atoms with Crippen LogP contribution in [0.1, 0.15) is 25.3 Å². The number of carbonyl (C=O) groups is 1. The molecule has 1 fully saturated rings. The zero-order valence-corrected chi connectivity index (χ0v) is 16.8. The molecule has 3 heterocycles. The van der Waals surface area contributed by atoms with E-state index in [1.807, 2.05) is 24.3 Å². The lowest BCUT2D eigenvalue weighted by Gasteiger charge is -2.31. The molecule has 2 aromatic heterocycles. The van der Waals surface area contributed by atoms with E-state index in [0.29, 0.717) is 12.5 Å². The highest BCUT2D eigenvalue weighted by Gasteiger charge is 2.21. The number of benzene rings is 1. The maximum absolute atomic E-state index is 14.0. The molecule has 0 saturated carbocycles. The average Bonchev–Trinajstić information content (AvgIpc) is 3.07. The van der Waals surface area contributed by atoms with E-state index in [4.69, 9.17) is 0 Å². The first-order valence-corrected chi connectivity index (χ1v) is 10.3. The monoisotopic (exact) mass is 394 g/mol. The first kappa shape index (κ1) is 19.6. The van der Waals surface area contributed by atoms with Crippen LogP contribution in [0.5, 0.6) is 0 Å². The van der Waals surface area contributed by atoms with Crippen molar-refractivity contribution in [1.29, 1.82) is 0 Å². The molecule has 1 N–H and O–H groups in total. The number of carbonyl (C=O) groups excluding carboxylic acids is 1. The molecule has 4 rings (SSSR count). The number of halogens is 1. The lowest BCUT2D eigenvalue weighted by atomic mass is 9.90. The smallest absolute Gasteiger partial charge is 0.216 e. The SMILES string of the molecule is CC(=O)NCCN1CCC(Cc2cn(-c3ccccn3)c3ccc(F)cc23)CC1. The highest BCUT2D eigenvalue weighted by molar-refractivity contribution is 5.85. The third-order valence-corrected chi connectivity index (χ3v) is 5.76. The Morgan fingerprint density at radius 1 is 1.24 bits per heavy atom. The number of pyridine rings is 1. The van der Waals surface area contributed by atoms with Gasteiger partial charge in [-0.2, -0.15) is 0 Å². The Kier molecular flexibility index (Phi) is 5.90. The average molecular weight is 394 g/mol. The van der Waals surface area contributed by atoms with Gasteiger partial charge in [0.05, 0.1) is 5.52 Å². The fourth-order valence-electron chi connectivity index (χ4n) is 4.23. The number of nitrogens with zero attached hydrogens (tertiary/aromatic N) is 3. The van der Waals surface area contributed by atoms with Gasteiger partial charge in [0.25, 0.3) is 0 Å². The van der Waals surface area contributed by atoms with Gasteiger partial charge in [-0.3, -0.25) is 4.79 Å². The van der Waals surface area contributed by atoms with Gasteiger partial charge in [0.2, 0.25) is 5.91 Å². The molecular weight excluding hydrogens is 367 g/mol. The van der Waals surface area contributed by atoms with Gasteiger partial charge in [0.15, 0.2) is 0 Å². The molecule has 1 amide bonds. The minimum absolute atomic E-state index is 0.0245. The summed E-state index contributed by atoms with van der Waals surface area (Å²) in [5.41, 5.74) is 2.18. The van der Waals surface area contributed by atoms with E-state index < -0.39 is 0 Å². The summed E-state index contributed by atoms with van der Waals surface area (Å²) in [6.07, 6.45) is 7.08. The number of likely N-dealkylation sites (tertiary alicyclic amines) is 1. The van der Waals surface area contributed by atoms with Crippen molar-refractivity contribution < 1.29 is 9.18 Å². The van der Waals surface area contributed by atoms with Crippen molar-refractivity contribution >= 4 is 16.8 Å². The van der Waals surface area contributed by atoms with E-state index in [2.05, 4.69) is 26.0 Å². The zero-order valence-electron chi connectivity index (χ0n) is 16.8. The lowest BCUT2D eigenvalue weighted by molar-refractivity contribution is -0.119. The fraction of sp³-hybridized carbons (Fsp3) is 0.391. The first-order chi connectivity index (χ1) is 14.1. The predicted molar refractivity (Wildman–Crippen MR) is 113 cm³/mol. The van der Waals surface area contributed by atoms with E-state index in [1.54, 1.807) is 19.2 Å². The molecule has 0 aliphatic carbocycles. The van der Waals surface area contributed by atoms with Crippen molar-refractivity contribution in [2.45, 2.75) is 26.2 Å². The topological polar surface area (TPSA) is 50.2 Å². The van der Waals surface area contributed by atoms with Gasteiger partial charge in [0.1, 0.15) is 11.6 Å². The normalized spacial score (nSPS) is 15.7. The largest absolute Gasteiger partial charge is 0.355 e. The van der Waals surface area contributed by atoms with Crippen LogP contribution in [0.4, 0.5) is 4.39 Å². The lowest BCUT2D eigenvalue weighted by Crippen LogP contribution is -2.39. The molecule has 152 valence electrons. The van der Waals surface area contributed by atoms with Gasteiger partial charge >= 0.3 is 0 Å². The summed E-state index contributed by atoms with van der Waals surface area (Å²) in [6.45, 7) is 5.23. The molecule has 29 heavy (non-hydrogen) atoms. The van der Waals surface area contributed by atoms with E-state index in [9.17, 15) is 9.18 Å². The number of rotatable bonds is 6. The van der Waals surface area contributed by atoms with Crippen LogP contribution >= 0.6 is 0 Å².